The van der Waals surface area contributed by atoms with E-state index in [4.69, 9.17) is 0 Å². The molecule has 0 saturated heterocycles. The minimum atomic E-state index is -1.83. The monoisotopic (exact) mass is 764 g/mol. The van der Waals surface area contributed by atoms with Crippen LogP contribution in [0.3, 0.4) is 0 Å². The number of fused-ring (bicyclic) bond motifs is 3. The minimum Gasteiger partial charge on any atom is -0.357 e. The molecule has 2 nitrogen and oxygen atoms in total. The van der Waals surface area contributed by atoms with Crippen LogP contribution in [0.25, 0.3) is 11.1 Å². The molecule has 6 aromatic carbocycles. The molecule has 0 unspecified atom stereocenters. The topological polar surface area (TPSA) is 24.1 Å². The fourth-order valence-corrected chi connectivity index (χ4v) is 14.8. The maximum atomic E-state index is 4.41. The highest BCUT2D eigenvalue weighted by Crippen LogP contribution is 2.48. The average Bonchev–Trinajstić information content (AvgIpc) is 3.25. The highest BCUT2D eigenvalue weighted by Gasteiger charge is 2.33. The van der Waals surface area contributed by atoms with Crippen molar-refractivity contribution in [1.82, 2.24) is 0 Å². The lowest BCUT2D eigenvalue weighted by Gasteiger charge is -2.34. The lowest BCUT2D eigenvalue weighted by atomic mass is 9.90. The van der Waals surface area contributed by atoms with Crippen LogP contribution >= 0.6 is 16.1 Å². The minimum absolute atomic E-state index is 0.881. The SMILES string of the molecule is C[Si](C)(C)c1ccc2c(c1NP(c1ccccc1)c1ccccc1)-c1c(ccc([Si](C)(C)C)c1NP(c1ccccc1)c1ccccc1)CCCCC2. The number of rotatable bonds is 10. The number of nitrogens with one attached hydrogen (secondary N) is 2. The van der Waals surface area contributed by atoms with E-state index in [1.165, 1.54) is 84.5 Å². The Bertz CT molecular complexity index is 1890. The molecule has 0 atom stereocenters. The van der Waals surface area contributed by atoms with Gasteiger partial charge in [-0.1, -0.05) is 191 Å². The summed E-state index contributed by atoms with van der Waals surface area (Å²) in [6.45, 7) is 15.1. The summed E-state index contributed by atoms with van der Waals surface area (Å²) in [5, 5.41) is 17.3. The van der Waals surface area contributed by atoms with Crippen LogP contribution in [0.2, 0.25) is 39.3 Å². The summed E-state index contributed by atoms with van der Waals surface area (Å²) >= 11 is 0. The second-order valence-electron chi connectivity index (χ2n) is 16.3. The Morgan fingerprint density at radius 3 is 0.962 bits per heavy atom. The summed E-state index contributed by atoms with van der Waals surface area (Å²) in [7, 11) is -5.43. The maximum Gasteiger partial charge on any atom is 0.0803 e. The van der Waals surface area contributed by atoms with Crippen LogP contribution in [0.5, 0.6) is 0 Å². The molecular weight excluding hydrogens is 711 g/mol. The van der Waals surface area contributed by atoms with Crippen LogP contribution in [-0.2, 0) is 12.8 Å². The Balaban J connectivity index is 1.55. The van der Waals surface area contributed by atoms with Gasteiger partial charge in [-0.25, -0.2) is 0 Å². The van der Waals surface area contributed by atoms with Gasteiger partial charge in [0.2, 0.25) is 0 Å². The smallest absolute Gasteiger partial charge is 0.0803 e. The average molecular weight is 765 g/mol. The number of benzene rings is 6. The Morgan fingerprint density at radius 2 is 0.679 bits per heavy atom. The van der Waals surface area contributed by atoms with E-state index in [0.29, 0.717) is 0 Å². The summed E-state index contributed by atoms with van der Waals surface area (Å²) < 4.78 is 0. The molecule has 0 amide bonds. The fourth-order valence-electron chi connectivity index (χ4n) is 7.66. The van der Waals surface area contributed by atoms with Crippen molar-refractivity contribution in [1.29, 1.82) is 0 Å². The van der Waals surface area contributed by atoms with E-state index < -0.39 is 32.3 Å². The molecule has 1 aliphatic carbocycles. The molecule has 0 bridgehead atoms. The molecule has 0 heterocycles. The lowest BCUT2D eigenvalue weighted by molar-refractivity contribution is 0.683. The number of hydrogen-bond acceptors (Lipinski definition) is 2. The second kappa shape index (κ2) is 16.3. The molecule has 0 spiro atoms. The van der Waals surface area contributed by atoms with Crippen LogP contribution in [-0.4, -0.2) is 16.1 Å². The zero-order chi connectivity index (χ0) is 37.0. The zero-order valence-electron chi connectivity index (χ0n) is 32.3. The number of hydrogen-bond donors (Lipinski definition) is 2. The highest BCUT2D eigenvalue weighted by molar-refractivity contribution is 7.74. The van der Waals surface area contributed by atoms with Crippen molar-refractivity contribution in [2.75, 3.05) is 10.2 Å². The quantitative estimate of drug-likeness (QED) is 0.107. The van der Waals surface area contributed by atoms with Gasteiger partial charge in [-0.15, -0.1) is 0 Å². The molecule has 0 aromatic heterocycles. The second-order valence-corrected chi connectivity index (χ2v) is 30.3. The molecule has 6 aromatic rings. The van der Waals surface area contributed by atoms with Crippen molar-refractivity contribution < 1.29 is 0 Å². The van der Waals surface area contributed by atoms with Crippen molar-refractivity contribution in [3.8, 4) is 11.1 Å². The Hall–Kier alpha value is -3.79. The van der Waals surface area contributed by atoms with Crippen LogP contribution in [0, 0.1) is 0 Å². The Morgan fingerprint density at radius 1 is 0.377 bits per heavy atom. The Labute approximate surface area is 323 Å². The summed E-state index contributed by atoms with van der Waals surface area (Å²) in [5.41, 5.74) is 8.58. The van der Waals surface area contributed by atoms with Gasteiger partial charge < -0.3 is 10.2 Å². The van der Waals surface area contributed by atoms with Crippen LogP contribution in [0.15, 0.2) is 146 Å². The molecule has 0 radical (unpaired) electrons. The van der Waals surface area contributed by atoms with Gasteiger partial charge in [-0.3, -0.25) is 0 Å². The third-order valence-electron chi connectivity index (χ3n) is 10.3. The molecule has 0 saturated carbocycles. The summed E-state index contributed by atoms with van der Waals surface area (Å²) in [5.74, 6) is 0. The Kier molecular flexibility index (Phi) is 11.5. The molecule has 6 heteroatoms. The van der Waals surface area contributed by atoms with E-state index >= 15 is 0 Å². The van der Waals surface area contributed by atoms with Gasteiger partial charge >= 0.3 is 0 Å². The largest absolute Gasteiger partial charge is 0.357 e. The van der Waals surface area contributed by atoms with E-state index in [9.17, 15) is 0 Å². The van der Waals surface area contributed by atoms with Crippen molar-refractivity contribution in [3.05, 3.63) is 157 Å². The van der Waals surface area contributed by atoms with E-state index in [0.717, 1.165) is 12.8 Å². The van der Waals surface area contributed by atoms with Crippen molar-refractivity contribution in [3.63, 3.8) is 0 Å². The predicted octanol–water partition coefficient (Wildman–Crippen LogP) is 10.6. The van der Waals surface area contributed by atoms with Gasteiger partial charge in [0.25, 0.3) is 0 Å². The molecular formula is C47H54N2P2Si2. The first-order valence-corrected chi connectivity index (χ1v) is 28.9. The molecule has 7 rings (SSSR count). The highest BCUT2D eigenvalue weighted by atomic mass is 31.1. The van der Waals surface area contributed by atoms with E-state index in [1.54, 1.807) is 0 Å². The van der Waals surface area contributed by atoms with Crippen molar-refractivity contribution in [2.24, 2.45) is 0 Å². The van der Waals surface area contributed by atoms with Crippen LogP contribution in [0.1, 0.15) is 30.4 Å². The third kappa shape index (κ3) is 8.48. The first-order valence-electron chi connectivity index (χ1n) is 19.3. The predicted molar refractivity (Wildman–Crippen MR) is 244 cm³/mol. The van der Waals surface area contributed by atoms with Gasteiger partial charge in [0.15, 0.2) is 0 Å². The maximum absolute atomic E-state index is 4.41. The standard InChI is InChI=1S/C47H54N2P2Si2/c1-52(2,3)42-34-32-36-22-12-7-13-23-37-33-35-43(53(4,5)6)47(49-51(40-28-18-10-19-29-40)41-30-20-11-21-31-41)45(37)44(36)46(42)48-50(38-24-14-8-15-25-38)39-26-16-9-17-27-39/h8-11,14-21,24-35,48-49H,7,12-13,22-23H2,1-6H3. The number of anilines is 2. The fraction of sp³-hybridized carbons (Fsp3) is 0.234. The zero-order valence-corrected chi connectivity index (χ0v) is 36.1. The molecule has 1 aliphatic rings. The van der Waals surface area contributed by atoms with E-state index in [1.807, 2.05) is 0 Å². The van der Waals surface area contributed by atoms with Gasteiger partial charge in [-0.05, 0) is 47.2 Å². The van der Waals surface area contributed by atoms with Gasteiger partial charge in [0.05, 0.1) is 32.3 Å². The molecule has 0 aliphatic heterocycles. The normalized spacial score (nSPS) is 13.4. The third-order valence-corrected chi connectivity index (χ3v) is 18.6. The summed E-state index contributed by atoms with van der Waals surface area (Å²) in [6.07, 6.45) is 5.85. The number of aryl methyl sites for hydroxylation is 2. The molecule has 0 fully saturated rings. The lowest BCUT2D eigenvalue weighted by Crippen LogP contribution is -2.41. The first kappa shape index (κ1) is 37.5. The first-order chi connectivity index (χ1) is 25.6. The summed E-state index contributed by atoms with van der Waals surface area (Å²) in [4.78, 5) is 0. The van der Waals surface area contributed by atoms with Gasteiger partial charge in [0, 0.05) is 43.7 Å². The van der Waals surface area contributed by atoms with E-state index in [-0.39, 0.29) is 0 Å². The summed E-state index contributed by atoms with van der Waals surface area (Å²) in [6, 6.07) is 54.7. The molecule has 2 N–H and O–H groups in total. The van der Waals surface area contributed by atoms with Crippen molar-refractivity contribution in [2.45, 2.75) is 71.4 Å². The van der Waals surface area contributed by atoms with Crippen molar-refractivity contribution >= 4 is 75.3 Å². The van der Waals surface area contributed by atoms with Crippen LogP contribution in [0.4, 0.5) is 11.4 Å². The van der Waals surface area contributed by atoms with E-state index in [2.05, 4.69) is 195 Å². The molecule has 53 heavy (non-hydrogen) atoms. The van der Waals surface area contributed by atoms with Crippen LogP contribution < -0.4 is 41.8 Å². The van der Waals surface area contributed by atoms with Gasteiger partial charge in [0.1, 0.15) is 0 Å². The molecule has 270 valence electrons. The van der Waals surface area contributed by atoms with Gasteiger partial charge in [-0.2, -0.15) is 0 Å².